The quantitative estimate of drug-likeness (QED) is 0.636. The average Bonchev–Trinajstić information content (AvgIpc) is 2.62. The van der Waals surface area contributed by atoms with Crippen molar-refractivity contribution in [2.24, 2.45) is 0 Å². The van der Waals surface area contributed by atoms with Crippen LogP contribution >= 0.6 is 12.2 Å². The van der Waals surface area contributed by atoms with Crippen molar-refractivity contribution in [3.63, 3.8) is 0 Å². The van der Waals surface area contributed by atoms with Crippen molar-refractivity contribution in [2.45, 2.75) is 19.8 Å². The normalized spacial score (nSPS) is 10.1. The molecule has 2 aromatic carbocycles. The fourth-order valence-corrected chi connectivity index (χ4v) is 2.26. The Kier molecular flexibility index (Phi) is 6.75. The molecule has 0 saturated heterocycles. The number of hydrogen-bond donors (Lipinski definition) is 1. The van der Waals surface area contributed by atoms with Crippen LogP contribution in [0.5, 0.6) is 5.75 Å². The van der Waals surface area contributed by atoms with Crippen molar-refractivity contribution in [2.75, 3.05) is 18.6 Å². The first-order chi connectivity index (χ1) is 11.6. The third kappa shape index (κ3) is 5.06. The van der Waals surface area contributed by atoms with E-state index in [4.69, 9.17) is 17.0 Å². The van der Waals surface area contributed by atoms with E-state index in [0.717, 1.165) is 24.3 Å². The van der Waals surface area contributed by atoms with Crippen LogP contribution in [0.15, 0.2) is 54.6 Å². The largest absolute Gasteiger partial charge is 0.494 e. The van der Waals surface area contributed by atoms with Gasteiger partial charge in [-0.25, -0.2) is 0 Å². The number of nitrogens with zero attached hydrogens (tertiary/aromatic N) is 1. The van der Waals surface area contributed by atoms with Gasteiger partial charge in [-0.2, -0.15) is 0 Å². The maximum absolute atomic E-state index is 12.3. The van der Waals surface area contributed by atoms with E-state index in [1.807, 2.05) is 37.4 Å². The molecule has 2 rings (SSSR count). The van der Waals surface area contributed by atoms with Crippen LogP contribution in [0.3, 0.4) is 0 Å². The van der Waals surface area contributed by atoms with Crippen LogP contribution in [0.25, 0.3) is 0 Å². The van der Waals surface area contributed by atoms with E-state index in [1.54, 1.807) is 29.2 Å². The Morgan fingerprint density at radius 1 is 1.12 bits per heavy atom. The molecule has 2 aromatic rings. The van der Waals surface area contributed by atoms with Gasteiger partial charge in [0.1, 0.15) is 5.75 Å². The molecular weight excluding hydrogens is 320 g/mol. The Morgan fingerprint density at radius 3 is 2.42 bits per heavy atom. The summed E-state index contributed by atoms with van der Waals surface area (Å²) >= 11 is 5.30. The first-order valence-electron chi connectivity index (χ1n) is 7.98. The molecule has 0 radical (unpaired) electrons. The van der Waals surface area contributed by atoms with E-state index in [0.29, 0.717) is 17.3 Å². The van der Waals surface area contributed by atoms with Crippen molar-refractivity contribution >= 4 is 28.9 Å². The highest BCUT2D eigenvalue weighted by Gasteiger charge is 2.12. The minimum atomic E-state index is -0.233. The highest BCUT2D eigenvalue weighted by molar-refractivity contribution is 7.80. The fourth-order valence-electron chi connectivity index (χ4n) is 2.06. The summed E-state index contributed by atoms with van der Waals surface area (Å²) in [5.74, 6) is 0.534. The van der Waals surface area contributed by atoms with E-state index in [2.05, 4.69) is 12.2 Å². The smallest absolute Gasteiger partial charge is 0.257 e. The number of rotatable bonds is 6. The second kappa shape index (κ2) is 9.03. The van der Waals surface area contributed by atoms with Gasteiger partial charge in [0.05, 0.1) is 6.61 Å². The number of ether oxygens (including phenoxy) is 1. The molecule has 5 heteroatoms. The number of carbonyl (C=O) groups is 1. The molecule has 0 unspecified atom stereocenters. The molecule has 126 valence electrons. The van der Waals surface area contributed by atoms with Crippen molar-refractivity contribution in [1.82, 2.24) is 5.32 Å². The standard InChI is InChI=1S/C19H22N2O2S/c1-3-4-14-23-17-12-10-15(11-13-17)18(22)20-19(24)21(2)16-8-6-5-7-9-16/h5-13H,3-4,14H2,1-2H3,(H,20,22,24). The molecule has 0 bridgehead atoms. The molecule has 0 aliphatic rings. The second-order valence-corrected chi connectivity index (χ2v) is 5.77. The Bertz CT molecular complexity index is 672. The van der Waals surface area contributed by atoms with Crippen LogP contribution in [0.2, 0.25) is 0 Å². The van der Waals surface area contributed by atoms with Gasteiger partial charge in [0.15, 0.2) is 5.11 Å². The summed E-state index contributed by atoms with van der Waals surface area (Å²) in [4.78, 5) is 14.1. The Balaban J connectivity index is 1.93. The van der Waals surface area contributed by atoms with Gasteiger partial charge < -0.3 is 9.64 Å². The zero-order valence-electron chi connectivity index (χ0n) is 14.0. The van der Waals surface area contributed by atoms with E-state index < -0.39 is 0 Å². The number of benzene rings is 2. The minimum Gasteiger partial charge on any atom is -0.494 e. The number of anilines is 1. The van der Waals surface area contributed by atoms with Crippen LogP contribution in [-0.2, 0) is 0 Å². The van der Waals surface area contributed by atoms with E-state index >= 15 is 0 Å². The lowest BCUT2D eigenvalue weighted by Gasteiger charge is -2.20. The Morgan fingerprint density at radius 2 is 1.79 bits per heavy atom. The predicted molar refractivity (Wildman–Crippen MR) is 102 cm³/mol. The van der Waals surface area contributed by atoms with Crippen molar-refractivity contribution in [3.8, 4) is 5.75 Å². The van der Waals surface area contributed by atoms with Crippen molar-refractivity contribution in [3.05, 3.63) is 60.2 Å². The summed E-state index contributed by atoms with van der Waals surface area (Å²) in [6.45, 7) is 2.81. The molecule has 0 aliphatic heterocycles. The van der Waals surface area contributed by atoms with Crippen LogP contribution in [0, 0.1) is 0 Å². The summed E-state index contributed by atoms with van der Waals surface area (Å²) in [7, 11) is 1.82. The summed E-state index contributed by atoms with van der Waals surface area (Å²) in [6, 6.07) is 16.7. The number of nitrogens with one attached hydrogen (secondary N) is 1. The Hall–Kier alpha value is -2.40. The van der Waals surface area contributed by atoms with Gasteiger partial charge in [-0.3, -0.25) is 10.1 Å². The van der Waals surface area contributed by atoms with Crippen molar-refractivity contribution in [1.29, 1.82) is 0 Å². The van der Waals surface area contributed by atoms with E-state index in [9.17, 15) is 4.79 Å². The van der Waals surface area contributed by atoms with Gasteiger partial charge in [0, 0.05) is 18.3 Å². The summed E-state index contributed by atoms with van der Waals surface area (Å²) in [5, 5.41) is 3.10. The zero-order chi connectivity index (χ0) is 17.4. The summed E-state index contributed by atoms with van der Waals surface area (Å²) in [6.07, 6.45) is 2.11. The van der Waals surface area contributed by atoms with Crippen molar-refractivity contribution < 1.29 is 9.53 Å². The maximum atomic E-state index is 12.3. The molecule has 24 heavy (non-hydrogen) atoms. The lowest BCUT2D eigenvalue weighted by atomic mass is 10.2. The lowest BCUT2D eigenvalue weighted by Crippen LogP contribution is -2.40. The fraction of sp³-hybridized carbons (Fsp3) is 0.263. The molecule has 0 fully saturated rings. The SMILES string of the molecule is CCCCOc1ccc(C(=O)NC(=S)N(C)c2ccccc2)cc1. The number of hydrogen-bond acceptors (Lipinski definition) is 3. The van der Waals surface area contributed by atoms with Gasteiger partial charge in [-0.1, -0.05) is 31.5 Å². The molecule has 0 saturated carbocycles. The van der Waals surface area contributed by atoms with E-state index in [-0.39, 0.29) is 5.91 Å². The second-order valence-electron chi connectivity index (χ2n) is 5.38. The molecule has 1 amide bonds. The first kappa shape index (κ1) is 17.9. The number of unbranched alkanes of at least 4 members (excludes halogenated alkanes) is 1. The molecule has 0 aromatic heterocycles. The zero-order valence-corrected chi connectivity index (χ0v) is 14.8. The van der Waals surface area contributed by atoms with Crippen LogP contribution in [0.4, 0.5) is 5.69 Å². The predicted octanol–water partition coefficient (Wildman–Crippen LogP) is 4.02. The number of para-hydroxylation sites is 1. The first-order valence-corrected chi connectivity index (χ1v) is 8.39. The molecule has 0 heterocycles. The highest BCUT2D eigenvalue weighted by Crippen LogP contribution is 2.14. The van der Waals surface area contributed by atoms with Gasteiger partial charge >= 0.3 is 0 Å². The molecule has 0 atom stereocenters. The number of carbonyl (C=O) groups excluding carboxylic acids is 1. The number of amides is 1. The topological polar surface area (TPSA) is 41.6 Å². The van der Waals surface area contributed by atoms with Crippen LogP contribution < -0.4 is 15.0 Å². The highest BCUT2D eigenvalue weighted by atomic mass is 32.1. The molecule has 1 N–H and O–H groups in total. The molecule has 4 nitrogen and oxygen atoms in total. The van der Waals surface area contributed by atoms with Crippen LogP contribution in [0.1, 0.15) is 30.1 Å². The van der Waals surface area contributed by atoms with Gasteiger partial charge in [-0.15, -0.1) is 0 Å². The van der Waals surface area contributed by atoms with E-state index in [1.165, 1.54) is 0 Å². The van der Waals surface area contributed by atoms with Gasteiger partial charge in [0.25, 0.3) is 5.91 Å². The van der Waals surface area contributed by atoms with Gasteiger partial charge in [0.2, 0.25) is 0 Å². The van der Waals surface area contributed by atoms with Gasteiger partial charge in [-0.05, 0) is 55.0 Å². The molecule has 0 spiro atoms. The number of thiocarbonyl (C=S) groups is 1. The summed E-state index contributed by atoms with van der Waals surface area (Å²) < 4.78 is 5.59. The third-order valence-corrected chi connectivity index (χ3v) is 3.93. The average molecular weight is 342 g/mol. The third-order valence-electron chi connectivity index (χ3n) is 3.55. The summed E-state index contributed by atoms with van der Waals surface area (Å²) in [5.41, 5.74) is 1.46. The molecule has 0 aliphatic carbocycles. The van der Waals surface area contributed by atoms with Crippen LogP contribution in [-0.4, -0.2) is 24.7 Å². The minimum absolute atomic E-state index is 0.233. The Labute approximate surface area is 148 Å². The molecular formula is C19H22N2O2S. The monoisotopic (exact) mass is 342 g/mol. The lowest BCUT2D eigenvalue weighted by molar-refractivity contribution is 0.0977. The maximum Gasteiger partial charge on any atom is 0.257 e.